The van der Waals surface area contributed by atoms with E-state index in [0.717, 1.165) is 10.0 Å². The van der Waals surface area contributed by atoms with Gasteiger partial charge in [-0.25, -0.2) is 8.78 Å². The summed E-state index contributed by atoms with van der Waals surface area (Å²) < 4.78 is 29.0. The van der Waals surface area contributed by atoms with Crippen LogP contribution in [-0.4, -0.2) is 0 Å². The topological polar surface area (TPSA) is 38.0 Å². The molecule has 0 aliphatic carbocycles. The van der Waals surface area contributed by atoms with Crippen molar-refractivity contribution in [2.24, 2.45) is 5.84 Å². The van der Waals surface area contributed by atoms with Crippen molar-refractivity contribution in [1.29, 1.82) is 0 Å². The number of halogens is 3. The highest BCUT2D eigenvalue weighted by Gasteiger charge is 2.21. The van der Waals surface area contributed by atoms with Crippen LogP contribution >= 0.6 is 15.9 Å². The minimum atomic E-state index is -0.615. The van der Waals surface area contributed by atoms with Gasteiger partial charge in [0.15, 0.2) is 0 Å². The highest BCUT2D eigenvalue weighted by Crippen LogP contribution is 2.26. The second kappa shape index (κ2) is 6.43. The molecule has 0 amide bonds. The van der Waals surface area contributed by atoms with Crippen LogP contribution < -0.4 is 11.3 Å². The Morgan fingerprint density at radius 2 is 1.80 bits per heavy atom. The summed E-state index contributed by atoms with van der Waals surface area (Å²) in [6.45, 7) is 1.60. The quantitative estimate of drug-likeness (QED) is 0.656. The van der Waals surface area contributed by atoms with Gasteiger partial charge in [-0.1, -0.05) is 34.1 Å². The molecule has 0 aliphatic heterocycles. The molecule has 2 rings (SSSR count). The first-order valence-corrected chi connectivity index (χ1v) is 6.97. The smallest absolute Gasteiger partial charge is 0.133 e. The summed E-state index contributed by atoms with van der Waals surface area (Å²) in [6, 6.07) is 9.61. The third kappa shape index (κ3) is 3.23. The molecule has 0 saturated carbocycles. The molecule has 0 saturated heterocycles. The lowest BCUT2D eigenvalue weighted by molar-refractivity contribution is 0.470. The maximum absolute atomic E-state index is 14.1. The fourth-order valence-corrected chi connectivity index (χ4v) is 2.36. The maximum atomic E-state index is 14.1. The van der Waals surface area contributed by atoms with Crippen molar-refractivity contribution in [1.82, 2.24) is 5.43 Å². The van der Waals surface area contributed by atoms with Crippen molar-refractivity contribution in [2.75, 3.05) is 0 Å². The summed E-state index contributed by atoms with van der Waals surface area (Å²) in [4.78, 5) is 0. The molecule has 0 fully saturated rings. The van der Waals surface area contributed by atoms with Crippen LogP contribution in [0.15, 0.2) is 40.9 Å². The Hall–Kier alpha value is -1.30. The van der Waals surface area contributed by atoms with Crippen LogP contribution in [0.3, 0.4) is 0 Å². The standard InChI is InChI=1S/C15H15BrF2N2/c1-9-2-7-12(17)14(15(9)18)13(20-19)8-10-3-5-11(16)6-4-10/h2-7,13,20H,8,19H2,1H3. The van der Waals surface area contributed by atoms with Crippen LogP contribution in [0.1, 0.15) is 22.7 Å². The first-order valence-electron chi connectivity index (χ1n) is 6.18. The number of rotatable bonds is 4. The molecule has 1 atom stereocenters. The Balaban J connectivity index is 2.33. The van der Waals surface area contributed by atoms with E-state index in [4.69, 9.17) is 5.84 Å². The number of nitrogens with two attached hydrogens (primary N) is 1. The van der Waals surface area contributed by atoms with E-state index in [9.17, 15) is 8.78 Å². The number of benzene rings is 2. The molecule has 0 radical (unpaired) electrons. The largest absolute Gasteiger partial charge is 0.271 e. The van der Waals surface area contributed by atoms with Crippen molar-refractivity contribution in [3.05, 3.63) is 69.2 Å². The number of nitrogens with one attached hydrogen (secondary N) is 1. The second-order valence-corrected chi connectivity index (χ2v) is 5.56. The Morgan fingerprint density at radius 3 is 2.40 bits per heavy atom. The molecule has 2 nitrogen and oxygen atoms in total. The SMILES string of the molecule is Cc1ccc(F)c(C(Cc2ccc(Br)cc2)NN)c1F. The van der Waals surface area contributed by atoms with E-state index in [1.807, 2.05) is 24.3 Å². The molecule has 0 spiro atoms. The minimum Gasteiger partial charge on any atom is -0.271 e. The van der Waals surface area contributed by atoms with E-state index in [-0.39, 0.29) is 5.56 Å². The molecule has 5 heteroatoms. The lowest BCUT2D eigenvalue weighted by Gasteiger charge is -2.19. The number of aryl methyl sites for hydroxylation is 1. The average Bonchev–Trinajstić information content (AvgIpc) is 2.44. The molecule has 106 valence electrons. The molecule has 2 aromatic rings. The summed E-state index contributed by atoms with van der Waals surface area (Å²) in [7, 11) is 0. The summed E-state index contributed by atoms with van der Waals surface area (Å²) in [5, 5.41) is 0. The molecular formula is C15H15BrF2N2. The third-order valence-corrected chi connectivity index (χ3v) is 3.75. The second-order valence-electron chi connectivity index (χ2n) is 4.64. The summed E-state index contributed by atoms with van der Waals surface area (Å²) in [5.74, 6) is 4.34. The maximum Gasteiger partial charge on any atom is 0.133 e. The van der Waals surface area contributed by atoms with Crippen LogP contribution in [0.2, 0.25) is 0 Å². The predicted molar refractivity (Wildman–Crippen MR) is 79.0 cm³/mol. The van der Waals surface area contributed by atoms with Crippen molar-refractivity contribution < 1.29 is 8.78 Å². The predicted octanol–water partition coefficient (Wildman–Crippen LogP) is 3.78. The van der Waals surface area contributed by atoms with Crippen LogP contribution in [0.4, 0.5) is 8.78 Å². The summed E-state index contributed by atoms with van der Waals surface area (Å²) in [6.07, 6.45) is 0.404. The minimum absolute atomic E-state index is 0.0181. The zero-order valence-electron chi connectivity index (χ0n) is 11.0. The molecule has 3 N–H and O–H groups in total. The van der Waals surface area contributed by atoms with Crippen LogP contribution in [0, 0.1) is 18.6 Å². The van der Waals surface area contributed by atoms with Crippen LogP contribution in [0.25, 0.3) is 0 Å². The fraction of sp³-hybridized carbons (Fsp3) is 0.200. The van der Waals surface area contributed by atoms with Crippen LogP contribution in [-0.2, 0) is 6.42 Å². The lowest BCUT2D eigenvalue weighted by Crippen LogP contribution is -2.31. The van der Waals surface area contributed by atoms with E-state index in [2.05, 4.69) is 21.4 Å². The fourth-order valence-electron chi connectivity index (χ4n) is 2.10. The van der Waals surface area contributed by atoms with E-state index in [1.54, 1.807) is 6.92 Å². The van der Waals surface area contributed by atoms with Gasteiger partial charge in [-0.15, -0.1) is 0 Å². The Morgan fingerprint density at radius 1 is 1.15 bits per heavy atom. The van der Waals surface area contributed by atoms with Crippen LogP contribution in [0.5, 0.6) is 0 Å². The van der Waals surface area contributed by atoms with Gasteiger partial charge < -0.3 is 0 Å². The lowest BCUT2D eigenvalue weighted by atomic mass is 9.97. The van der Waals surface area contributed by atoms with Gasteiger partial charge in [0.1, 0.15) is 11.6 Å². The van der Waals surface area contributed by atoms with Gasteiger partial charge in [0.2, 0.25) is 0 Å². The Kier molecular flexibility index (Phi) is 4.86. The molecule has 0 bridgehead atoms. The average molecular weight is 341 g/mol. The zero-order valence-corrected chi connectivity index (χ0v) is 12.5. The first-order chi connectivity index (χ1) is 9.52. The molecule has 0 heterocycles. The van der Waals surface area contributed by atoms with Gasteiger partial charge in [0, 0.05) is 10.0 Å². The van der Waals surface area contributed by atoms with Gasteiger partial charge in [0.25, 0.3) is 0 Å². The summed E-state index contributed by atoms with van der Waals surface area (Å²) >= 11 is 3.35. The van der Waals surface area contributed by atoms with E-state index in [0.29, 0.717) is 12.0 Å². The zero-order chi connectivity index (χ0) is 14.7. The first kappa shape index (κ1) is 15.1. The van der Waals surface area contributed by atoms with E-state index >= 15 is 0 Å². The van der Waals surface area contributed by atoms with Gasteiger partial charge in [0.05, 0.1) is 6.04 Å². The highest BCUT2D eigenvalue weighted by molar-refractivity contribution is 9.10. The van der Waals surface area contributed by atoms with Crippen molar-refractivity contribution in [3.8, 4) is 0 Å². The number of hydrogen-bond acceptors (Lipinski definition) is 2. The molecule has 1 unspecified atom stereocenters. The normalized spacial score (nSPS) is 12.4. The Labute approximate surface area is 125 Å². The molecule has 0 aromatic heterocycles. The van der Waals surface area contributed by atoms with Gasteiger partial charge in [-0.3, -0.25) is 11.3 Å². The van der Waals surface area contributed by atoms with Crippen molar-refractivity contribution in [3.63, 3.8) is 0 Å². The van der Waals surface area contributed by atoms with Gasteiger partial charge in [-0.2, -0.15) is 0 Å². The Bertz CT molecular complexity index is 600. The van der Waals surface area contributed by atoms with Crippen molar-refractivity contribution in [2.45, 2.75) is 19.4 Å². The van der Waals surface area contributed by atoms with E-state index in [1.165, 1.54) is 12.1 Å². The number of hydrazine groups is 1. The monoisotopic (exact) mass is 340 g/mol. The third-order valence-electron chi connectivity index (χ3n) is 3.22. The number of hydrogen-bond donors (Lipinski definition) is 2. The summed E-state index contributed by atoms with van der Waals surface area (Å²) in [5.41, 5.74) is 3.82. The molecule has 20 heavy (non-hydrogen) atoms. The molecular weight excluding hydrogens is 326 g/mol. The highest BCUT2D eigenvalue weighted by atomic mass is 79.9. The van der Waals surface area contributed by atoms with Gasteiger partial charge >= 0.3 is 0 Å². The molecule has 2 aromatic carbocycles. The van der Waals surface area contributed by atoms with Crippen molar-refractivity contribution >= 4 is 15.9 Å². The van der Waals surface area contributed by atoms with Gasteiger partial charge in [-0.05, 0) is 42.7 Å². The molecule has 0 aliphatic rings. The van der Waals surface area contributed by atoms with E-state index < -0.39 is 17.7 Å².